The third kappa shape index (κ3) is 0.977. The quantitative estimate of drug-likeness (QED) is 0.509. The molecule has 58 valence electrons. The third-order valence-electron chi connectivity index (χ3n) is 2.52. The van der Waals surface area contributed by atoms with Crippen LogP contribution in [0.5, 0.6) is 0 Å². The van der Waals surface area contributed by atoms with E-state index in [0.29, 0.717) is 12.1 Å². The van der Waals surface area contributed by atoms with Crippen molar-refractivity contribution < 1.29 is 0 Å². The summed E-state index contributed by atoms with van der Waals surface area (Å²) in [6.07, 6.45) is 0. The van der Waals surface area contributed by atoms with Crippen LogP contribution < -0.4 is 0 Å². The summed E-state index contributed by atoms with van der Waals surface area (Å²) in [5, 5.41) is 0. The van der Waals surface area contributed by atoms with E-state index in [2.05, 4.69) is 53.3 Å². The van der Waals surface area contributed by atoms with Crippen LogP contribution in [0, 0.1) is 0 Å². The summed E-state index contributed by atoms with van der Waals surface area (Å²) >= 11 is 3.07. The maximum absolute atomic E-state index is 3.07. The van der Waals surface area contributed by atoms with Gasteiger partial charge in [-0.2, -0.15) is 0 Å². The molecule has 0 aromatic heterocycles. The second-order valence-electron chi connectivity index (χ2n) is 2.99. The van der Waals surface area contributed by atoms with Crippen LogP contribution in [0.1, 0.15) is 13.8 Å². The van der Waals surface area contributed by atoms with Gasteiger partial charge < -0.3 is 0 Å². The zero-order valence-corrected chi connectivity index (χ0v) is 8.67. The summed E-state index contributed by atoms with van der Waals surface area (Å²) in [6, 6.07) is 1.25. The van der Waals surface area contributed by atoms with Crippen molar-refractivity contribution >= 4 is 20.2 Å². The average molecular weight is 205 g/mol. The van der Waals surface area contributed by atoms with Crippen LogP contribution in [-0.4, -0.2) is 56.2 Å². The van der Waals surface area contributed by atoms with E-state index in [1.54, 1.807) is 0 Å². The van der Waals surface area contributed by atoms with Crippen molar-refractivity contribution in [3.8, 4) is 0 Å². The van der Waals surface area contributed by atoms with Gasteiger partial charge in [0.2, 0.25) is 0 Å². The summed E-state index contributed by atoms with van der Waals surface area (Å²) in [6.45, 7) is 4.48. The Morgan fingerprint density at radius 3 is 1.50 bits per heavy atom. The van der Waals surface area contributed by atoms with Gasteiger partial charge in [0.25, 0.3) is 0 Å². The Kier molecular flexibility index (Phi) is 2.07. The molecule has 0 aromatic carbocycles. The van der Waals surface area contributed by atoms with E-state index in [0.717, 1.165) is 0 Å². The van der Waals surface area contributed by atoms with Crippen LogP contribution in [0.25, 0.3) is 0 Å². The Labute approximate surface area is 70.5 Å². The average Bonchev–Trinajstić information content (AvgIpc) is 2.07. The first-order chi connectivity index (χ1) is 4.55. The van der Waals surface area contributed by atoms with Crippen LogP contribution in [-0.2, 0) is 0 Å². The zero-order chi connectivity index (χ0) is 7.89. The van der Waals surface area contributed by atoms with E-state index < -0.39 is 0 Å². The fraction of sp³-hybridized carbons (Fsp3) is 0.857. The SMILES string of the molecule is CC1C(C)N(C)C(=[Se])N1C. The van der Waals surface area contributed by atoms with E-state index in [1.165, 1.54) is 4.67 Å². The first kappa shape index (κ1) is 8.09. The van der Waals surface area contributed by atoms with Crippen molar-refractivity contribution in [1.29, 1.82) is 0 Å². The van der Waals surface area contributed by atoms with Crippen LogP contribution >= 0.6 is 0 Å². The van der Waals surface area contributed by atoms with Gasteiger partial charge in [-0.05, 0) is 0 Å². The molecule has 1 fully saturated rings. The molecule has 3 heteroatoms. The monoisotopic (exact) mass is 206 g/mol. The number of rotatable bonds is 0. The molecule has 1 heterocycles. The molecule has 0 aromatic rings. The maximum atomic E-state index is 3.07. The Morgan fingerprint density at radius 2 is 1.40 bits per heavy atom. The first-order valence-electron chi connectivity index (χ1n) is 3.55. The van der Waals surface area contributed by atoms with Gasteiger partial charge in [0.05, 0.1) is 0 Å². The molecule has 0 N–H and O–H groups in total. The fourth-order valence-electron chi connectivity index (χ4n) is 1.24. The standard InChI is InChI=1S/C7H14N2Se/c1-5-6(2)9(4)7(10)8(5)3/h5-6H,1-4H3. The predicted octanol–water partition coefficient (Wildman–Crippen LogP) is -0.104. The van der Waals surface area contributed by atoms with Gasteiger partial charge in [-0.1, -0.05) is 0 Å². The number of hydrogen-bond donors (Lipinski definition) is 0. The van der Waals surface area contributed by atoms with E-state index in [1.807, 2.05) is 0 Å². The second kappa shape index (κ2) is 2.55. The molecule has 2 atom stereocenters. The van der Waals surface area contributed by atoms with Crippen molar-refractivity contribution in [2.24, 2.45) is 0 Å². The molecule has 0 aliphatic carbocycles. The van der Waals surface area contributed by atoms with Crippen molar-refractivity contribution in [3.63, 3.8) is 0 Å². The molecule has 0 spiro atoms. The van der Waals surface area contributed by atoms with Gasteiger partial charge >= 0.3 is 70.1 Å². The summed E-state index contributed by atoms with van der Waals surface area (Å²) in [7, 11) is 4.24. The Balaban J connectivity index is 2.78. The second-order valence-corrected chi connectivity index (χ2v) is 3.75. The summed E-state index contributed by atoms with van der Waals surface area (Å²) in [5.74, 6) is 0. The van der Waals surface area contributed by atoms with Crippen LogP contribution in [0.4, 0.5) is 0 Å². The van der Waals surface area contributed by atoms with Gasteiger partial charge in [-0.15, -0.1) is 0 Å². The normalized spacial score (nSPS) is 33.8. The topological polar surface area (TPSA) is 6.48 Å². The van der Waals surface area contributed by atoms with Crippen molar-refractivity contribution in [3.05, 3.63) is 0 Å². The molecule has 0 amide bonds. The van der Waals surface area contributed by atoms with E-state index in [9.17, 15) is 0 Å². The predicted molar refractivity (Wildman–Crippen MR) is 45.2 cm³/mol. The van der Waals surface area contributed by atoms with Crippen LogP contribution in [0.3, 0.4) is 0 Å². The molecule has 2 unspecified atom stereocenters. The van der Waals surface area contributed by atoms with Gasteiger partial charge in [0.15, 0.2) is 0 Å². The number of nitrogens with zero attached hydrogens (tertiary/aromatic N) is 2. The molecule has 1 saturated heterocycles. The minimum atomic E-state index is 0.626. The van der Waals surface area contributed by atoms with Gasteiger partial charge in [-0.3, -0.25) is 0 Å². The number of hydrogen-bond acceptors (Lipinski definition) is 2. The van der Waals surface area contributed by atoms with Gasteiger partial charge in [0, 0.05) is 0 Å². The molecule has 1 rings (SSSR count). The number of likely N-dealkylation sites (N-methyl/N-ethyl adjacent to an activating group) is 2. The van der Waals surface area contributed by atoms with E-state index >= 15 is 0 Å². The van der Waals surface area contributed by atoms with Crippen LogP contribution in [0.15, 0.2) is 0 Å². The van der Waals surface area contributed by atoms with E-state index in [4.69, 9.17) is 0 Å². The summed E-state index contributed by atoms with van der Waals surface area (Å²) < 4.78 is 1.25. The summed E-state index contributed by atoms with van der Waals surface area (Å²) in [5.41, 5.74) is 0. The molecular weight excluding hydrogens is 191 g/mol. The third-order valence-corrected chi connectivity index (χ3v) is 3.73. The molecule has 10 heavy (non-hydrogen) atoms. The van der Waals surface area contributed by atoms with Gasteiger partial charge in [0.1, 0.15) is 0 Å². The molecule has 0 bridgehead atoms. The molecule has 1 aliphatic rings. The summed E-state index contributed by atoms with van der Waals surface area (Å²) in [4.78, 5) is 4.54. The first-order valence-corrected chi connectivity index (χ1v) is 4.41. The fourth-order valence-corrected chi connectivity index (χ4v) is 1.94. The van der Waals surface area contributed by atoms with Crippen LogP contribution in [0.2, 0.25) is 0 Å². The molecule has 0 radical (unpaired) electrons. The molecule has 1 aliphatic heterocycles. The molecular formula is C7H14N2Se. The zero-order valence-electron chi connectivity index (χ0n) is 6.96. The van der Waals surface area contributed by atoms with Gasteiger partial charge in [-0.25, -0.2) is 0 Å². The molecule has 2 nitrogen and oxygen atoms in total. The minimum absolute atomic E-state index is 0.626. The van der Waals surface area contributed by atoms with Crippen molar-refractivity contribution in [2.75, 3.05) is 14.1 Å². The molecule has 0 saturated carbocycles. The Morgan fingerprint density at radius 1 is 1.10 bits per heavy atom. The van der Waals surface area contributed by atoms with Crippen molar-refractivity contribution in [1.82, 2.24) is 9.80 Å². The Bertz CT molecular complexity index is 142. The van der Waals surface area contributed by atoms with E-state index in [-0.39, 0.29) is 0 Å². The van der Waals surface area contributed by atoms with Crippen molar-refractivity contribution in [2.45, 2.75) is 25.9 Å². The Hall–Kier alpha value is -0.0105.